The monoisotopic (exact) mass is 1080 g/mol. The van der Waals surface area contributed by atoms with Crippen LogP contribution in [0.1, 0.15) is 78.5 Å². The summed E-state index contributed by atoms with van der Waals surface area (Å²) >= 11 is 0. The third-order valence-corrected chi connectivity index (χ3v) is 16.5. The summed E-state index contributed by atoms with van der Waals surface area (Å²) in [5.74, 6) is 1.61. The zero-order chi connectivity index (χ0) is 54.9. The highest BCUT2D eigenvalue weighted by Crippen LogP contribution is 2.39. The van der Waals surface area contributed by atoms with Crippen LogP contribution in [0.25, 0.3) is 34.2 Å². The maximum absolute atomic E-state index is 13.6. The van der Waals surface area contributed by atoms with Gasteiger partial charge in [0.15, 0.2) is 43.0 Å². The van der Waals surface area contributed by atoms with E-state index in [4.69, 9.17) is 29.5 Å². The van der Waals surface area contributed by atoms with Crippen LogP contribution >= 0.6 is 0 Å². The van der Waals surface area contributed by atoms with Crippen LogP contribution in [0.5, 0.6) is 23.0 Å². The number of nitriles is 2. The molecule has 0 aliphatic carbocycles. The molecule has 0 spiro atoms. The van der Waals surface area contributed by atoms with Gasteiger partial charge in [-0.2, -0.15) is 10.5 Å². The lowest BCUT2D eigenvalue weighted by molar-refractivity contribution is 0.175. The number of hydrogen-bond donors (Lipinski definition) is 2. The Labute approximate surface area is 447 Å². The van der Waals surface area contributed by atoms with Gasteiger partial charge in [0.05, 0.1) is 74.4 Å². The smallest absolute Gasteiger partial charge is 0.170 e. The number of aliphatic hydroxyl groups excluding tert-OH is 2. The van der Waals surface area contributed by atoms with E-state index in [1.807, 2.05) is 38.1 Å². The van der Waals surface area contributed by atoms with Crippen LogP contribution in [0.15, 0.2) is 122 Å². The first-order chi connectivity index (χ1) is 36.4. The number of nitrogens with zero attached hydrogens (tertiary/aromatic N) is 10. The van der Waals surface area contributed by atoms with Gasteiger partial charge in [0, 0.05) is 35.9 Å². The number of aliphatic hydroxyl groups is 2. The van der Waals surface area contributed by atoms with Gasteiger partial charge >= 0.3 is 0 Å². The average Bonchev–Trinajstić information content (AvgIpc) is 4.05. The number of ether oxygens (including phenoxy) is 4. The number of benzene rings is 4. The van der Waals surface area contributed by atoms with Crippen molar-refractivity contribution in [3.05, 3.63) is 167 Å². The summed E-state index contributed by atoms with van der Waals surface area (Å²) in [5.41, 5.74) is 5.49. The fourth-order valence-electron chi connectivity index (χ4n) is 8.19. The summed E-state index contributed by atoms with van der Waals surface area (Å²) in [4.78, 5) is 8.49. The molecular formula is C55H58N10O10S2. The number of pyridine rings is 2. The van der Waals surface area contributed by atoms with Gasteiger partial charge in [-0.15, -0.1) is 20.4 Å². The van der Waals surface area contributed by atoms with Crippen LogP contribution in [-0.2, 0) is 31.2 Å². The first-order valence-corrected chi connectivity index (χ1v) is 26.8. The zero-order valence-electron chi connectivity index (χ0n) is 42.7. The standard InChI is InChI=1S/2C27H27N5O5S.CH4/c2*1-17-12-21(15-29-14-17)27-31-30-24(32(27)25-22(36-3)6-5-7-23(25)37-4)16-38(34,35)18(2)26(33)20-10-8-19(13-28)9-11-20;/h2*5-12,14-15,18,26,33H,16H2,1-4H3;1H4/t2*18-,26-;/m10./s1. The highest BCUT2D eigenvalue weighted by molar-refractivity contribution is 7.91. The highest BCUT2D eigenvalue weighted by Gasteiger charge is 2.35. The number of methoxy groups -OCH3 is 4. The van der Waals surface area contributed by atoms with E-state index in [1.165, 1.54) is 66.6 Å². The normalized spacial score (nSPS) is 12.8. The Morgan fingerprint density at radius 3 is 1.14 bits per heavy atom. The largest absolute Gasteiger partial charge is 0.494 e. The van der Waals surface area contributed by atoms with Gasteiger partial charge in [0.1, 0.15) is 45.9 Å². The molecule has 0 saturated heterocycles. The van der Waals surface area contributed by atoms with Gasteiger partial charge in [0.2, 0.25) is 0 Å². The quantitative estimate of drug-likeness (QED) is 0.0830. The molecule has 400 valence electrons. The third-order valence-electron chi connectivity index (χ3n) is 12.4. The molecule has 0 aliphatic heterocycles. The number of rotatable bonds is 18. The second-order valence-corrected chi connectivity index (χ2v) is 22.2. The second-order valence-electron chi connectivity index (χ2n) is 17.5. The predicted molar refractivity (Wildman–Crippen MR) is 288 cm³/mol. The summed E-state index contributed by atoms with van der Waals surface area (Å²) in [7, 11) is -1.91. The molecule has 8 rings (SSSR count). The molecule has 20 nitrogen and oxygen atoms in total. The molecule has 8 aromatic rings. The number of aryl methyl sites for hydroxylation is 2. The van der Waals surface area contributed by atoms with Crippen molar-refractivity contribution in [2.45, 2.75) is 69.3 Å². The minimum Gasteiger partial charge on any atom is -0.494 e. The summed E-state index contributed by atoms with van der Waals surface area (Å²) in [5, 5.41) is 54.6. The van der Waals surface area contributed by atoms with Crippen LogP contribution in [-0.4, -0.2) is 105 Å². The molecule has 4 atom stereocenters. The number of sulfone groups is 2. The second kappa shape index (κ2) is 24.9. The minimum atomic E-state index is -3.96. The van der Waals surface area contributed by atoms with E-state index in [0.717, 1.165) is 11.1 Å². The molecule has 77 heavy (non-hydrogen) atoms. The molecule has 2 N–H and O–H groups in total. The minimum absolute atomic E-state index is 0. The van der Waals surface area contributed by atoms with Crippen molar-refractivity contribution in [2.24, 2.45) is 0 Å². The van der Waals surface area contributed by atoms with E-state index in [1.54, 1.807) is 94.6 Å². The lowest BCUT2D eigenvalue weighted by atomic mass is 10.1. The molecule has 0 fully saturated rings. The number of hydrogen-bond acceptors (Lipinski definition) is 18. The average molecular weight is 1080 g/mol. The van der Waals surface area contributed by atoms with Crippen molar-refractivity contribution in [1.29, 1.82) is 10.5 Å². The molecule has 4 aromatic heterocycles. The van der Waals surface area contributed by atoms with E-state index in [2.05, 4.69) is 30.4 Å². The molecule has 0 radical (unpaired) electrons. The SMILES string of the molecule is C.COc1cccc(OC)c1-n1c(CS(=O)(=O)[C@@H](C)[C@H](O)c2ccc(C#N)cc2)nnc1-c1cncc(C)c1.COc1cccc(OC)c1-n1c(CS(=O)(=O)[C@H](C)[C@@H](O)c2ccc(C#N)cc2)nnc1-c1cncc(C)c1. The predicted octanol–water partition coefficient (Wildman–Crippen LogP) is 7.76. The van der Waals surface area contributed by atoms with Gasteiger partial charge in [-0.25, -0.2) is 16.8 Å². The topological polar surface area (TPSA) is 280 Å². The summed E-state index contributed by atoms with van der Waals surface area (Å²) in [6, 6.07) is 30.5. The maximum Gasteiger partial charge on any atom is 0.170 e. The molecule has 4 aromatic carbocycles. The van der Waals surface area contributed by atoms with E-state index < -0.39 is 53.9 Å². The molecule has 4 heterocycles. The van der Waals surface area contributed by atoms with Crippen molar-refractivity contribution in [2.75, 3.05) is 28.4 Å². The Kier molecular flexibility index (Phi) is 18.6. The molecule has 22 heteroatoms. The van der Waals surface area contributed by atoms with E-state index in [-0.39, 0.29) is 19.1 Å². The van der Waals surface area contributed by atoms with Gasteiger partial charge in [-0.1, -0.05) is 43.8 Å². The zero-order valence-corrected chi connectivity index (χ0v) is 44.4. The van der Waals surface area contributed by atoms with Crippen LogP contribution in [0, 0.1) is 36.5 Å². The van der Waals surface area contributed by atoms with Crippen LogP contribution < -0.4 is 18.9 Å². The Morgan fingerprint density at radius 2 is 0.857 bits per heavy atom. The molecule has 0 aliphatic rings. The fraction of sp³-hybridized carbons (Fsp3) is 0.273. The lowest BCUT2D eigenvalue weighted by Crippen LogP contribution is -2.28. The Balaban J connectivity index is 0.000000246. The fourth-order valence-corrected chi connectivity index (χ4v) is 10.9. The Bertz CT molecular complexity index is 3380. The third kappa shape index (κ3) is 12.6. The van der Waals surface area contributed by atoms with Crippen LogP contribution in [0.4, 0.5) is 0 Å². The summed E-state index contributed by atoms with van der Waals surface area (Å²) in [6.45, 7) is 6.65. The van der Waals surface area contributed by atoms with Crippen molar-refractivity contribution < 1.29 is 46.0 Å². The van der Waals surface area contributed by atoms with Crippen molar-refractivity contribution in [3.8, 4) is 69.3 Å². The van der Waals surface area contributed by atoms with Crippen molar-refractivity contribution in [1.82, 2.24) is 39.5 Å². The van der Waals surface area contributed by atoms with Crippen molar-refractivity contribution >= 4 is 19.7 Å². The lowest BCUT2D eigenvalue weighted by Gasteiger charge is -2.21. The maximum atomic E-state index is 13.6. The van der Waals surface area contributed by atoms with Crippen LogP contribution in [0.2, 0.25) is 0 Å². The van der Waals surface area contributed by atoms with Crippen LogP contribution in [0.3, 0.4) is 0 Å². The Hall–Kier alpha value is -8.54. The first-order valence-electron chi connectivity index (χ1n) is 23.3. The Morgan fingerprint density at radius 1 is 0.532 bits per heavy atom. The molecule has 0 amide bonds. The summed E-state index contributed by atoms with van der Waals surface area (Å²) in [6.07, 6.45) is 4.00. The van der Waals surface area contributed by atoms with Gasteiger partial charge < -0.3 is 29.2 Å². The summed E-state index contributed by atoms with van der Waals surface area (Å²) < 4.78 is 79.8. The van der Waals surface area contributed by atoms with E-state index >= 15 is 0 Å². The number of aromatic nitrogens is 8. The van der Waals surface area contributed by atoms with Crippen molar-refractivity contribution in [3.63, 3.8) is 0 Å². The van der Waals surface area contributed by atoms with Gasteiger partial charge in [0.25, 0.3) is 0 Å². The molecule has 0 saturated carbocycles. The van der Waals surface area contributed by atoms with Gasteiger partial charge in [-0.3, -0.25) is 19.1 Å². The first kappa shape index (κ1) is 57.7. The van der Waals surface area contributed by atoms with Gasteiger partial charge in [-0.05, 0) is 111 Å². The molecule has 0 bridgehead atoms. The van der Waals surface area contributed by atoms with E-state index in [9.17, 15) is 27.0 Å². The molecular weight excluding hydrogens is 1020 g/mol. The van der Waals surface area contributed by atoms with E-state index in [0.29, 0.717) is 79.4 Å². The number of para-hydroxylation sites is 2. The highest BCUT2D eigenvalue weighted by atomic mass is 32.2. The molecule has 0 unspecified atom stereocenters.